The first-order valence-corrected chi connectivity index (χ1v) is 9.41. The van der Waals surface area contributed by atoms with Crippen LogP contribution in [0.4, 0.5) is 0 Å². The molecule has 1 amide bonds. The van der Waals surface area contributed by atoms with Crippen molar-refractivity contribution in [1.82, 2.24) is 19.9 Å². The maximum Gasteiger partial charge on any atom is 0.274 e. The van der Waals surface area contributed by atoms with Crippen LogP contribution in [0.1, 0.15) is 53.7 Å². The number of H-pyrrole nitrogens is 1. The molecule has 0 atom stereocenters. The fourth-order valence-corrected chi connectivity index (χ4v) is 3.94. The van der Waals surface area contributed by atoms with Gasteiger partial charge in [0.05, 0.1) is 6.20 Å². The lowest BCUT2D eigenvalue weighted by Crippen LogP contribution is -2.38. The molecule has 0 saturated carbocycles. The van der Waals surface area contributed by atoms with Crippen LogP contribution < -0.4 is 0 Å². The fraction of sp³-hybridized carbons (Fsp3) is 0.381. The Bertz CT molecular complexity index is 895. The summed E-state index contributed by atoms with van der Waals surface area (Å²) in [4.78, 5) is 26.0. The lowest BCUT2D eigenvalue weighted by atomic mass is 9.89. The van der Waals surface area contributed by atoms with Crippen LogP contribution >= 0.6 is 0 Å². The van der Waals surface area contributed by atoms with Gasteiger partial charge in [-0.05, 0) is 42.4 Å². The van der Waals surface area contributed by atoms with Crippen molar-refractivity contribution in [3.63, 3.8) is 0 Å². The number of carbonyl (C=O) groups excluding carboxylic acids is 1. The van der Waals surface area contributed by atoms with E-state index in [-0.39, 0.29) is 5.91 Å². The first-order chi connectivity index (χ1) is 12.8. The molecular formula is C21H24N4O. The van der Waals surface area contributed by atoms with Crippen molar-refractivity contribution in [2.75, 3.05) is 13.1 Å². The Morgan fingerprint density at radius 3 is 2.85 bits per heavy atom. The van der Waals surface area contributed by atoms with Crippen LogP contribution in [-0.4, -0.2) is 38.8 Å². The van der Waals surface area contributed by atoms with Crippen LogP contribution in [0.25, 0.3) is 10.9 Å². The molecule has 0 spiro atoms. The largest absolute Gasteiger partial charge is 0.361 e. The Hall–Kier alpha value is -2.69. The second-order valence-corrected chi connectivity index (χ2v) is 7.03. The standard InChI is InChI=1S/C21H24N4O/c1-2-3-15-4-5-17-18(13-24-19(17)12-15)16-6-10-25(11-7-16)21(26)20-14-22-8-9-23-20/h4-5,8-9,12-14,16,24H,2-3,6-7,10-11H2,1H3. The van der Waals surface area contributed by atoms with Gasteiger partial charge in [-0.15, -0.1) is 0 Å². The number of likely N-dealkylation sites (tertiary alicyclic amines) is 1. The zero-order chi connectivity index (χ0) is 17.9. The number of aryl methyl sites for hydroxylation is 1. The average Bonchev–Trinajstić information content (AvgIpc) is 3.12. The van der Waals surface area contributed by atoms with E-state index < -0.39 is 0 Å². The van der Waals surface area contributed by atoms with E-state index in [1.807, 2.05) is 4.90 Å². The minimum Gasteiger partial charge on any atom is -0.361 e. The van der Waals surface area contributed by atoms with Gasteiger partial charge in [-0.1, -0.05) is 25.5 Å². The highest BCUT2D eigenvalue weighted by Gasteiger charge is 2.26. The van der Waals surface area contributed by atoms with Crippen molar-refractivity contribution >= 4 is 16.8 Å². The van der Waals surface area contributed by atoms with Crippen molar-refractivity contribution in [3.8, 4) is 0 Å². The molecule has 0 aliphatic carbocycles. The van der Waals surface area contributed by atoms with Crippen molar-refractivity contribution in [3.05, 3.63) is 59.8 Å². The average molecular weight is 348 g/mol. The molecule has 0 unspecified atom stereocenters. The second-order valence-electron chi connectivity index (χ2n) is 7.03. The number of piperidine rings is 1. The van der Waals surface area contributed by atoms with Gasteiger partial charge in [0.25, 0.3) is 5.91 Å². The number of nitrogens with one attached hydrogen (secondary N) is 1. The summed E-state index contributed by atoms with van der Waals surface area (Å²) < 4.78 is 0. The molecule has 2 aromatic heterocycles. The highest BCUT2D eigenvalue weighted by Crippen LogP contribution is 2.33. The molecule has 5 nitrogen and oxygen atoms in total. The number of hydrogen-bond donors (Lipinski definition) is 1. The summed E-state index contributed by atoms with van der Waals surface area (Å²) in [7, 11) is 0. The summed E-state index contributed by atoms with van der Waals surface area (Å²) in [5, 5.41) is 1.32. The highest BCUT2D eigenvalue weighted by molar-refractivity contribution is 5.92. The summed E-state index contributed by atoms with van der Waals surface area (Å²) in [5.74, 6) is 0.478. The number of carbonyl (C=O) groups is 1. The molecule has 1 aromatic carbocycles. The van der Waals surface area contributed by atoms with Crippen molar-refractivity contribution < 1.29 is 4.79 Å². The lowest BCUT2D eigenvalue weighted by molar-refractivity contribution is 0.0707. The molecule has 3 aromatic rings. The van der Waals surface area contributed by atoms with Crippen molar-refractivity contribution in [1.29, 1.82) is 0 Å². The summed E-state index contributed by atoms with van der Waals surface area (Å²) in [5.41, 5.74) is 4.43. The van der Waals surface area contributed by atoms with Gasteiger partial charge in [0.2, 0.25) is 0 Å². The molecule has 0 bridgehead atoms. The predicted molar refractivity (Wildman–Crippen MR) is 102 cm³/mol. The topological polar surface area (TPSA) is 61.9 Å². The van der Waals surface area contributed by atoms with Gasteiger partial charge in [0.15, 0.2) is 0 Å². The van der Waals surface area contributed by atoms with Crippen molar-refractivity contribution in [2.24, 2.45) is 0 Å². The fourth-order valence-electron chi connectivity index (χ4n) is 3.94. The first kappa shape index (κ1) is 16.8. The number of amides is 1. The zero-order valence-corrected chi connectivity index (χ0v) is 15.1. The summed E-state index contributed by atoms with van der Waals surface area (Å²) in [6.07, 6.45) is 11.1. The van der Waals surface area contributed by atoms with Crippen LogP contribution in [0.15, 0.2) is 43.0 Å². The maximum absolute atomic E-state index is 12.5. The number of rotatable bonds is 4. The summed E-state index contributed by atoms with van der Waals surface area (Å²) in [6.45, 7) is 3.74. The zero-order valence-electron chi connectivity index (χ0n) is 15.1. The van der Waals surface area contributed by atoms with Crippen LogP contribution in [0, 0.1) is 0 Å². The minimum atomic E-state index is -0.0142. The number of nitrogens with zero attached hydrogens (tertiary/aromatic N) is 3. The van der Waals surface area contributed by atoms with Gasteiger partial charge < -0.3 is 9.88 Å². The van der Waals surface area contributed by atoms with Crippen LogP contribution in [0.5, 0.6) is 0 Å². The third-order valence-corrected chi connectivity index (χ3v) is 5.32. The Morgan fingerprint density at radius 2 is 2.12 bits per heavy atom. The van der Waals surface area contributed by atoms with E-state index in [2.05, 4.69) is 46.3 Å². The third kappa shape index (κ3) is 3.21. The van der Waals surface area contributed by atoms with Crippen LogP contribution in [0.3, 0.4) is 0 Å². The Labute approximate surface area is 153 Å². The van der Waals surface area contributed by atoms with Crippen LogP contribution in [-0.2, 0) is 6.42 Å². The smallest absolute Gasteiger partial charge is 0.274 e. The molecule has 1 aliphatic heterocycles. The maximum atomic E-state index is 12.5. The SMILES string of the molecule is CCCc1ccc2c(C3CCN(C(=O)c4cnccn4)CC3)c[nH]c2c1. The van der Waals surface area contributed by atoms with E-state index in [1.54, 1.807) is 18.6 Å². The van der Waals surface area contributed by atoms with Gasteiger partial charge >= 0.3 is 0 Å². The number of hydrogen-bond acceptors (Lipinski definition) is 3. The lowest BCUT2D eigenvalue weighted by Gasteiger charge is -2.31. The van der Waals surface area contributed by atoms with E-state index in [0.717, 1.165) is 38.8 Å². The molecule has 134 valence electrons. The Kier molecular flexibility index (Phi) is 4.69. The van der Waals surface area contributed by atoms with E-state index in [1.165, 1.54) is 22.0 Å². The molecule has 4 rings (SSSR count). The van der Waals surface area contributed by atoms with Crippen LogP contribution in [0.2, 0.25) is 0 Å². The normalized spacial score (nSPS) is 15.5. The number of aromatic amines is 1. The number of benzene rings is 1. The number of fused-ring (bicyclic) bond motifs is 1. The van der Waals surface area contributed by atoms with Gasteiger partial charge in [0, 0.05) is 42.6 Å². The highest BCUT2D eigenvalue weighted by atomic mass is 16.2. The third-order valence-electron chi connectivity index (χ3n) is 5.32. The molecule has 1 N–H and O–H groups in total. The molecule has 1 fully saturated rings. The Morgan fingerprint density at radius 1 is 1.27 bits per heavy atom. The molecule has 0 radical (unpaired) electrons. The molecular weight excluding hydrogens is 324 g/mol. The van der Waals surface area contributed by atoms with E-state index in [4.69, 9.17) is 0 Å². The van der Waals surface area contributed by atoms with Gasteiger partial charge in [0.1, 0.15) is 5.69 Å². The van der Waals surface area contributed by atoms with E-state index in [0.29, 0.717) is 11.6 Å². The monoisotopic (exact) mass is 348 g/mol. The molecule has 1 aliphatic rings. The van der Waals surface area contributed by atoms with E-state index in [9.17, 15) is 4.79 Å². The summed E-state index contributed by atoms with van der Waals surface area (Å²) in [6, 6.07) is 6.77. The summed E-state index contributed by atoms with van der Waals surface area (Å²) >= 11 is 0. The Balaban J connectivity index is 1.46. The molecule has 1 saturated heterocycles. The first-order valence-electron chi connectivity index (χ1n) is 9.41. The molecule has 5 heteroatoms. The van der Waals surface area contributed by atoms with Gasteiger partial charge in [-0.3, -0.25) is 9.78 Å². The second kappa shape index (κ2) is 7.28. The number of aromatic nitrogens is 3. The quantitative estimate of drug-likeness (QED) is 0.777. The van der Waals surface area contributed by atoms with Gasteiger partial charge in [-0.25, -0.2) is 4.98 Å². The van der Waals surface area contributed by atoms with Crippen molar-refractivity contribution in [2.45, 2.75) is 38.5 Å². The van der Waals surface area contributed by atoms with Gasteiger partial charge in [-0.2, -0.15) is 0 Å². The molecule has 26 heavy (non-hydrogen) atoms. The molecule has 3 heterocycles. The van der Waals surface area contributed by atoms with E-state index >= 15 is 0 Å². The minimum absolute atomic E-state index is 0.0142. The predicted octanol–water partition coefficient (Wildman–Crippen LogP) is 3.93.